The van der Waals surface area contributed by atoms with Crippen LogP contribution in [0, 0.1) is 0 Å². The number of hydrogen-bond donors (Lipinski definition) is 2. The zero-order valence-corrected chi connectivity index (χ0v) is 31.4. The number of carbonyl (C=O) groups excluding carboxylic acids is 1. The first kappa shape index (κ1) is 45.2. The molecule has 0 aromatic carbocycles. The van der Waals surface area contributed by atoms with Crippen molar-refractivity contribution in [1.82, 2.24) is 5.32 Å². The molecule has 0 saturated carbocycles. The van der Waals surface area contributed by atoms with E-state index in [2.05, 4.69) is 19.2 Å². The maximum atomic E-state index is 12.3. The number of ether oxygens (including phenoxy) is 2. The van der Waals surface area contributed by atoms with Crippen molar-refractivity contribution in [3.63, 3.8) is 0 Å². The lowest BCUT2D eigenvalue weighted by atomic mass is 10.0. The summed E-state index contributed by atoms with van der Waals surface area (Å²) in [5.41, 5.74) is 0. The number of nitrogens with one attached hydrogen (secondary N) is 1. The normalized spacial score (nSPS) is 12.0. The fourth-order valence-electron chi connectivity index (χ4n) is 5.78. The highest BCUT2D eigenvalue weighted by Crippen LogP contribution is 2.14. The Morgan fingerprint density at radius 3 is 1.30 bits per heavy atom. The average molecular weight is 672 g/mol. The van der Waals surface area contributed by atoms with E-state index in [9.17, 15) is 14.7 Å². The van der Waals surface area contributed by atoms with Gasteiger partial charge >= 0.3 is 5.97 Å². The molecule has 0 bridgehead atoms. The molecule has 0 aliphatic heterocycles. The van der Waals surface area contributed by atoms with Gasteiger partial charge in [0.25, 0.3) is 0 Å². The van der Waals surface area contributed by atoms with Crippen LogP contribution in [0.4, 0.5) is 0 Å². The van der Waals surface area contributed by atoms with Crippen molar-refractivity contribution in [3.8, 4) is 0 Å². The van der Waals surface area contributed by atoms with Gasteiger partial charge in [-0.1, -0.05) is 174 Å². The Morgan fingerprint density at radius 1 is 0.522 bits per heavy atom. The molecule has 6 nitrogen and oxygen atoms in total. The minimum atomic E-state index is -0.968. The first-order chi connectivity index (χ1) is 22.6. The van der Waals surface area contributed by atoms with Crippen molar-refractivity contribution in [2.45, 2.75) is 200 Å². The Balaban J connectivity index is 3.45. The molecule has 0 heterocycles. The zero-order chi connectivity index (χ0) is 33.6. The molecule has 0 rings (SSSR count). The fourth-order valence-corrected chi connectivity index (χ4v) is 6.65. The van der Waals surface area contributed by atoms with E-state index in [1.807, 2.05) is 0 Å². The molecule has 0 radical (unpaired) electrons. The molecular weight excluding hydrogens is 594 g/mol. The first-order valence-electron chi connectivity index (χ1n) is 19.9. The van der Waals surface area contributed by atoms with Gasteiger partial charge in [-0.05, 0) is 12.8 Å². The Morgan fingerprint density at radius 2 is 0.891 bits per heavy atom. The van der Waals surface area contributed by atoms with E-state index in [1.54, 1.807) is 0 Å². The molecule has 0 aliphatic carbocycles. The molecule has 0 aromatic rings. The van der Waals surface area contributed by atoms with Crippen LogP contribution in [0.3, 0.4) is 0 Å². The van der Waals surface area contributed by atoms with Gasteiger partial charge in [0.2, 0.25) is 5.91 Å². The highest BCUT2D eigenvalue weighted by atomic mass is 32.2. The summed E-state index contributed by atoms with van der Waals surface area (Å²) in [4.78, 5) is 23.9. The molecule has 1 atom stereocenters. The summed E-state index contributed by atoms with van der Waals surface area (Å²) in [5, 5.41) is 12.2. The molecule has 274 valence electrons. The Labute approximate surface area is 290 Å². The third-order valence-electron chi connectivity index (χ3n) is 8.81. The van der Waals surface area contributed by atoms with Crippen LogP contribution < -0.4 is 5.32 Å². The largest absolute Gasteiger partial charge is 0.480 e. The smallest absolute Gasteiger partial charge is 0.327 e. The molecule has 0 spiro atoms. The standard InChI is InChI=1S/C39H77NO5S/c1-3-5-7-9-11-13-15-17-19-21-23-25-27-29-31-44-32-33-45-34-35-46-36-37(39(42)43)40-38(41)30-28-26-24-22-20-18-16-14-12-10-8-6-4-2/h37H,3-36H2,1-2H3,(H,40,41)(H,42,43)/t37-/m0/s1. The third kappa shape index (κ3) is 36.1. The lowest BCUT2D eigenvalue weighted by Gasteiger charge is -2.14. The van der Waals surface area contributed by atoms with Gasteiger partial charge in [0.15, 0.2) is 0 Å². The second-order valence-corrected chi connectivity index (χ2v) is 14.5. The van der Waals surface area contributed by atoms with Crippen molar-refractivity contribution in [2.75, 3.05) is 37.9 Å². The molecule has 1 amide bonds. The van der Waals surface area contributed by atoms with Crippen LogP contribution >= 0.6 is 11.8 Å². The van der Waals surface area contributed by atoms with Gasteiger partial charge < -0.3 is 19.9 Å². The predicted molar refractivity (Wildman–Crippen MR) is 199 cm³/mol. The van der Waals surface area contributed by atoms with Gasteiger partial charge in [-0.15, -0.1) is 0 Å². The summed E-state index contributed by atoms with van der Waals surface area (Å²) < 4.78 is 11.3. The summed E-state index contributed by atoms with van der Waals surface area (Å²) in [6.07, 6.45) is 35.9. The van der Waals surface area contributed by atoms with Gasteiger partial charge in [-0.3, -0.25) is 4.79 Å². The van der Waals surface area contributed by atoms with Crippen molar-refractivity contribution < 1.29 is 24.2 Å². The van der Waals surface area contributed by atoms with E-state index >= 15 is 0 Å². The number of carboxylic acids is 1. The highest BCUT2D eigenvalue weighted by Gasteiger charge is 2.19. The third-order valence-corrected chi connectivity index (χ3v) is 9.84. The van der Waals surface area contributed by atoms with E-state index in [4.69, 9.17) is 9.47 Å². The Hall–Kier alpha value is -0.790. The summed E-state index contributed by atoms with van der Waals surface area (Å²) in [5.74, 6) is -0.0526. The summed E-state index contributed by atoms with van der Waals surface area (Å²) in [6.45, 7) is 7.08. The van der Waals surface area contributed by atoms with Crippen molar-refractivity contribution in [1.29, 1.82) is 0 Å². The molecule has 2 N–H and O–H groups in total. The summed E-state index contributed by atoms with van der Waals surface area (Å²) in [6, 6.07) is -0.840. The highest BCUT2D eigenvalue weighted by molar-refractivity contribution is 7.99. The van der Waals surface area contributed by atoms with Crippen molar-refractivity contribution in [3.05, 3.63) is 0 Å². The molecule has 0 fully saturated rings. The maximum Gasteiger partial charge on any atom is 0.327 e. The topological polar surface area (TPSA) is 84.9 Å². The molecule has 0 unspecified atom stereocenters. The lowest BCUT2D eigenvalue weighted by Crippen LogP contribution is -2.42. The Bertz CT molecular complexity index is 636. The van der Waals surface area contributed by atoms with Crippen LogP contribution in [0.5, 0.6) is 0 Å². The van der Waals surface area contributed by atoms with Crippen LogP contribution in [0.2, 0.25) is 0 Å². The van der Waals surface area contributed by atoms with Gasteiger partial charge in [0, 0.05) is 24.5 Å². The van der Waals surface area contributed by atoms with Crippen LogP contribution in [0.15, 0.2) is 0 Å². The first-order valence-corrected chi connectivity index (χ1v) is 21.0. The van der Waals surface area contributed by atoms with Crippen molar-refractivity contribution in [2.24, 2.45) is 0 Å². The zero-order valence-electron chi connectivity index (χ0n) is 30.6. The Kier molecular flexibility index (Phi) is 38.0. The van der Waals surface area contributed by atoms with E-state index < -0.39 is 12.0 Å². The molecule has 0 saturated heterocycles. The number of thioether (sulfide) groups is 1. The second kappa shape index (κ2) is 38.7. The molecule has 7 heteroatoms. The van der Waals surface area contributed by atoms with Gasteiger partial charge in [0.05, 0.1) is 19.8 Å². The molecule has 46 heavy (non-hydrogen) atoms. The number of rotatable bonds is 39. The monoisotopic (exact) mass is 672 g/mol. The predicted octanol–water partition coefficient (Wildman–Crippen LogP) is 11.3. The van der Waals surface area contributed by atoms with Gasteiger partial charge in [-0.2, -0.15) is 11.8 Å². The lowest BCUT2D eigenvalue weighted by molar-refractivity contribution is -0.141. The summed E-state index contributed by atoms with van der Waals surface area (Å²) in [7, 11) is 0. The van der Waals surface area contributed by atoms with E-state index in [-0.39, 0.29) is 5.91 Å². The SMILES string of the molecule is CCCCCCCCCCCCCCCCOCCOCCSC[C@H](NC(=O)CCCCCCCCCCCCCCC)C(=O)O. The minimum Gasteiger partial charge on any atom is -0.480 e. The number of carboxylic acid groups (broad SMARTS) is 1. The van der Waals surface area contributed by atoms with E-state index in [0.717, 1.165) is 32.3 Å². The summed E-state index contributed by atoms with van der Waals surface area (Å²) >= 11 is 1.51. The second-order valence-electron chi connectivity index (χ2n) is 13.3. The molecule has 0 aliphatic rings. The number of carbonyl (C=O) groups is 2. The van der Waals surface area contributed by atoms with E-state index in [0.29, 0.717) is 37.7 Å². The minimum absolute atomic E-state index is 0.150. The number of aliphatic carboxylic acids is 1. The van der Waals surface area contributed by atoms with Gasteiger partial charge in [-0.25, -0.2) is 4.79 Å². The van der Waals surface area contributed by atoms with Crippen LogP contribution in [-0.2, 0) is 19.1 Å². The number of hydrogen-bond acceptors (Lipinski definition) is 5. The number of unbranched alkanes of at least 4 members (excludes halogenated alkanes) is 25. The van der Waals surface area contributed by atoms with Gasteiger partial charge in [0.1, 0.15) is 6.04 Å². The van der Waals surface area contributed by atoms with Crippen molar-refractivity contribution >= 4 is 23.6 Å². The van der Waals surface area contributed by atoms with Crippen LogP contribution in [-0.4, -0.2) is 61.0 Å². The van der Waals surface area contributed by atoms with Crippen LogP contribution in [0.25, 0.3) is 0 Å². The molecule has 0 aromatic heterocycles. The fraction of sp³-hybridized carbons (Fsp3) is 0.949. The molecular formula is C39H77NO5S. The quantitative estimate of drug-likeness (QED) is 0.0633. The van der Waals surface area contributed by atoms with E-state index in [1.165, 1.54) is 159 Å². The average Bonchev–Trinajstić information content (AvgIpc) is 3.05. The maximum absolute atomic E-state index is 12.3. The number of amides is 1. The van der Waals surface area contributed by atoms with Crippen LogP contribution in [0.1, 0.15) is 194 Å².